The Kier molecular flexibility index (Phi) is 5.74. The quantitative estimate of drug-likeness (QED) is 0.771. The first kappa shape index (κ1) is 17.4. The van der Waals surface area contributed by atoms with Gasteiger partial charge in [-0.3, -0.25) is 0 Å². The summed E-state index contributed by atoms with van der Waals surface area (Å²) in [5.74, 6) is -0.354. The number of aromatic nitrogens is 1. The van der Waals surface area contributed by atoms with Crippen molar-refractivity contribution in [3.05, 3.63) is 58.2 Å². The Balaban J connectivity index is 1.88. The zero-order valence-electron chi connectivity index (χ0n) is 13.0. The molecule has 0 bridgehead atoms. The van der Waals surface area contributed by atoms with E-state index >= 15 is 0 Å². The SMILES string of the molecule is CC(C)(COc1ncccc1Br)NCc1ccc(C(=O)O)cc1. The van der Waals surface area contributed by atoms with Gasteiger partial charge in [-0.15, -0.1) is 0 Å². The lowest BCUT2D eigenvalue weighted by molar-refractivity contribution is 0.0697. The molecule has 0 saturated heterocycles. The molecule has 1 aromatic heterocycles. The number of carboxylic acid groups (broad SMARTS) is 1. The van der Waals surface area contributed by atoms with Gasteiger partial charge in [0.15, 0.2) is 0 Å². The third-order valence-electron chi connectivity index (χ3n) is 3.27. The number of carboxylic acids is 1. The van der Waals surface area contributed by atoms with Crippen LogP contribution in [0.4, 0.5) is 0 Å². The minimum Gasteiger partial charge on any atom is -0.478 e. The van der Waals surface area contributed by atoms with Crippen molar-refractivity contribution in [2.24, 2.45) is 0 Å². The molecule has 122 valence electrons. The van der Waals surface area contributed by atoms with E-state index in [1.165, 1.54) is 0 Å². The molecule has 0 amide bonds. The lowest BCUT2D eigenvalue weighted by Gasteiger charge is -2.26. The molecule has 2 rings (SSSR count). The molecular weight excluding hydrogens is 360 g/mol. The molecule has 0 spiro atoms. The molecule has 2 aromatic rings. The monoisotopic (exact) mass is 378 g/mol. The molecule has 1 aromatic carbocycles. The number of hydrogen-bond acceptors (Lipinski definition) is 4. The van der Waals surface area contributed by atoms with E-state index in [1.54, 1.807) is 18.3 Å². The first-order valence-electron chi connectivity index (χ1n) is 7.18. The summed E-state index contributed by atoms with van der Waals surface area (Å²) in [6, 6.07) is 10.5. The van der Waals surface area contributed by atoms with Crippen LogP contribution >= 0.6 is 15.9 Å². The number of nitrogens with zero attached hydrogens (tertiary/aromatic N) is 1. The summed E-state index contributed by atoms with van der Waals surface area (Å²) in [6.07, 6.45) is 1.69. The molecule has 2 N–H and O–H groups in total. The van der Waals surface area contributed by atoms with Crippen molar-refractivity contribution < 1.29 is 14.6 Å². The Bertz CT molecular complexity index is 672. The van der Waals surface area contributed by atoms with Crippen LogP contribution in [-0.4, -0.2) is 28.2 Å². The zero-order chi connectivity index (χ0) is 16.9. The minimum absolute atomic E-state index is 0.261. The van der Waals surface area contributed by atoms with Crippen molar-refractivity contribution in [3.63, 3.8) is 0 Å². The second kappa shape index (κ2) is 7.57. The summed E-state index contributed by atoms with van der Waals surface area (Å²) in [5, 5.41) is 12.3. The van der Waals surface area contributed by atoms with Gasteiger partial charge < -0.3 is 15.2 Å². The van der Waals surface area contributed by atoms with Crippen molar-refractivity contribution in [2.45, 2.75) is 25.9 Å². The number of rotatable bonds is 7. The Hall–Kier alpha value is -1.92. The zero-order valence-corrected chi connectivity index (χ0v) is 14.6. The number of benzene rings is 1. The van der Waals surface area contributed by atoms with Crippen LogP contribution < -0.4 is 10.1 Å². The first-order chi connectivity index (χ1) is 10.9. The summed E-state index contributed by atoms with van der Waals surface area (Å²) in [6.45, 7) is 5.15. The number of carbonyl (C=O) groups is 1. The predicted molar refractivity (Wildman–Crippen MR) is 91.8 cm³/mol. The maximum atomic E-state index is 10.8. The summed E-state index contributed by atoms with van der Waals surface area (Å²) >= 11 is 3.40. The van der Waals surface area contributed by atoms with Gasteiger partial charge >= 0.3 is 5.97 Å². The molecule has 1 heterocycles. The predicted octanol–water partition coefficient (Wildman–Crippen LogP) is 3.49. The van der Waals surface area contributed by atoms with Crippen LogP contribution in [0, 0.1) is 0 Å². The summed E-state index contributed by atoms with van der Waals surface area (Å²) in [7, 11) is 0. The van der Waals surface area contributed by atoms with Gasteiger partial charge in [0.25, 0.3) is 0 Å². The van der Waals surface area contributed by atoms with Crippen molar-refractivity contribution in [1.82, 2.24) is 10.3 Å². The van der Waals surface area contributed by atoms with Gasteiger partial charge in [-0.05, 0) is 59.6 Å². The Morgan fingerprint density at radius 2 is 2.00 bits per heavy atom. The average Bonchev–Trinajstić information content (AvgIpc) is 2.53. The highest BCUT2D eigenvalue weighted by Gasteiger charge is 2.19. The number of aromatic carboxylic acids is 1. The first-order valence-corrected chi connectivity index (χ1v) is 7.97. The largest absolute Gasteiger partial charge is 0.478 e. The molecule has 0 fully saturated rings. The number of nitrogens with one attached hydrogen (secondary N) is 1. The number of hydrogen-bond donors (Lipinski definition) is 2. The van der Waals surface area contributed by atoms with Gasteiger partial charge in [-0.1, -0.05) is 12.1 Å². The Labute approximate surface area is 143 Å². The smallest absolute Gasteiger partial charge is 0.335 e. The van der Waals surface area contributed by atoms with E-state index in [0.717, 1.165) is 10.0 Å². The highest BCUT2D eigenvalue weighted by molar-refractivity contribution is 9.10. The second-order valence-corrected chi connectivity index (χ2v) is 6.67. The normalized spacial score (nSPS) is 11.3. The number of halogens is 1. The lowest BCUT2D eigenvalue weighted by atomic mass is 10.1. The van der Waals surface area contributed by atoms with E-state index in [0.29, 0.717) is 19.0 Å². The van der Waals surface area contributed by atoms with E-state index in [-0.39, 0.29) is 11.1 Å². The topological polar surface area (TPSA) is 71.5 Å². The Morgan fingerprint density at radius 1 is 1.30 bits per heavy atom. The maximum absolute atomic E-state index is 10.8. The lowest BCUT2D eigenvalue weighted by Crippen LogP contribution is -2.44. The fourth-order valence-corrected chi connectivity index (χ4v) is 2.25. The van der Waals surface area contributed by atoms with Gasteiger partial charge in [0.1, 0.15) is 6.61 Å². The van der Waals surface area contributed by atoms with E-state index in [9.17, 15) is 4.79 Å². The fraction of sp³-hybridized carbons (Fsp3) is 0.294. The van der Waals surface area contributed by atoms with E-state index < -0.39 is 5.97 Å². The molecule has 0 aliphatic heterocycles. The molecular formula is C17H19BrN2O3. The highest BCUT2D eigenvalue weighted by Crippen LogP contribution is 2.21. The molecule has 0 aliphatic rings. The van der Waals surface area contributed by atoms with Crippen LogP contribution in [0.5, 0.6) is 5.88 Å². The fourth-order valence-electron chi connectivity index (χ4n) is 1.88. The summed E-state index contributed by atoms with van der Waals surface area (Å²) in [4.78, 5) is 15.0. The summed E-state index contributed by atoms with van der Waals surface area (Å²) < 4.78 is 6.56. The minimum atomic E-state index is -0.917. The van der Waals surface area contributed by atoms with Crippen molar-refractivity contribution in [3.8, 4) is 5.88 Å². The molecule has 0 radical (unpaired) electrons. The highest BCUT2D eigenvalue weighted by atomic mass is 79.9. The Morgan fingerprint density at radius 3 is 2.61 bits per heavy atom. The second-order valence-electron chi connectivity index (χ2n) is 5.82. The van der Waals surface area contributed by atoms with Gasteiger partial charge in [-0.2, -0.15) is 0 Å². The van der Waals surface area contributed by atoms with Crippen LogP contribution in [-0.2, 0) is 6.54 Å². The maximum Gasteiger partial charge on any atom is 0.335 e. The van der Waals surface area contributed by atoms with Crippen LogP contribution in [0.1, 0.15) is 29.8 Å². The standard InChI is InChI=1S/C17H19BrN2O3/c1-17(2,11-23-15-14(18)4-3-9-19-15)20-10-12-5-7-13(8-6-12)16(21)22/h3-9,20H,10-11H2,1-2H3,(H,21,22). The van der Waals surface area contributed by atoms with E-state index in [4.69, 9.17) is 9.84 Å². The van der Waals surface area contributed by atoms with Gasteiger partial charge in [0, 0.05) is 18.3 Å². The summed E-state index contributed by atoms with van der Waals surface area (Å²) in [5.41, 5.74) is 1.04. The van der Waals surface area contributed by atoms with E-state index in [1.807, 2.05) is 38.1 Å². The molecule has 0 atom stereocenters. The van der Waals surface area contributed by atoms with E-state index in [2.05, 4.69) is 26.2 Å². The molecule has 0 aliphatic carbocycles. The van der Waals surface area contributed by atoms with Crippen LogP contribution in [0.15, 0.2) is 47.1 Å². The average molecular weight is 379 g/mol. The van der Waals surface area contributed by atoms with Crippen molar-refractivity contribution >= 4 is 21.9 Å². The molecule has 5 nitrogen and oxygen atoms in total. The molecule has 0 saturated carbocycles. The van der Waals surface area contributed by atoms with Crippen LogP contribution in [0.25, 0.3) is 0 Å². The third-order valence-corrected chi connectivity index (χ3v) is 3.87. The van der Waals surface area contributed by atoms with Gasteiger partial charge in [-0.25, -0.2) is 9.78 Å². The van der Waals surface area contributed by atoms with Crippen LogP contribution in [0.2, 0.25) is 0 Å². The number of ether oxygens (including phenoxy) is 1. The van der Waals surface area contributed by atoms with Crippen molar-refractivity contribution in [1.29, 1.82) is 0 Å². The number of pyridine rings is 1. The third kappa shape index (κ3) is 5.33. The van der Waals surface area contributed by atoms with Crippen LogP contribution in [0.3, 0.4) is 0 Å². The molecule has 6 heteroatoms. The van der Waals surface area contributed by atoms with Gasteiger partial charge in [0.2, 0.25) is 5.88 Å². The van der Waals surface area contributed by atoms with Gasteiger partial charge in [0.05, 0.1) is 10.0 Å². The molecule has 23 heavy (non-hydrogen) atoms. The van der Waals surface area contributed by atoms with Crippen molar-refractivity contribution in [2.75, 3.05) is 6.61 Å². The molecule has 0 unspecified atom stereocenters.